The van der Waals surface area contributed by atoms with Crippen molar-refractivity contribution in [1.29, 1.82) is 0 Å². The van der Waals surface area contributed by atoms with E-state index in [2.05, 4.69) is 15.0 Å². The Morgan fingerprint density at radius 2 is 1.90 bits per heavy atom. The zero-order valence-electron chi connectivity index (χ0n) is 15.0. The molecular weight excluding hydrogens is 402 g/mol. The van der Waals surface area contributed by atoms with Gasteiger partial charge in [0.2, 0.25) is 15.0 Å². The molecule has 0 atom stereocenters. The fraction of sp³-hybridized carbons (Fsp3) is 0.105. The average Bonchev–Trinajstić information content (AvgIpc) is 3.05. The van der Waals surface area contributed by atoms with Crippen molar-refractivity contribution in [1.82, 2.24) is 19.4 Å². The van der Waals surface area contributed by atoms with Gasteiger partial charge in [0.25, 0.3) is 0 Å². The van der Waals surface area contributed by atoms with Gasteiger partial charge in [-0.2, -0.15) is 0 Å². The average molecular weight is 416 g/mol. The number of rotatable bonds is 4. The number of imidazole rings is 1. The molecular formula is C19H14F2N4O3S. The molecule has 10 heteroatoms. The van der Waals surface area contributed by atoms with Crippen LogP contribution in [0.1, 0.15) is 5.56 Å². The number of hydrogen-bond donors (Lipinski definition) is 1. The van der Waals surface area contributed by atoms with Gasteiger partial charge < -0.3 is 5.11 Å². The van der Waals surface area contributed by atoms with Gasteiger partial charge in [0, 0.05) is 30.3 Å². The summed E-state index contributed by atoms with van der Waals surface area (Å²) in [4.78, 5) is 12.3. The van der Waals surface area contributed by atoms with Crippen LogP contribution in [0.2, 0.25) is 0 Å². The molecule has 4 aromatic rings. The Morgan fingerprint density at radius 1 is 1.10 bits per heavy atom. The molecule has 0 spiro atoms. The van der Waals surface area contributed by atoms with Gasteiger partial charge in [0.05, 0.1) is 18.0 Å². The predicted molar refractivity (Wildman–Crippen MR) is 101 cm³/mol. The van der Waals surface area contributed by atoms with E-state index in [1.165, 1.54) is 18.3 Å². The summed E-state index contributed by atoms with van der Waals surface area (Å²) in [6, 6.07) is 7.82. The Hall–Kier alpha value is -3.24. The van der Waals surface area contributed by atoms with E-state index in [9.17, 15) is 22.3 Å². The van der Waals surface area contributed by atoms with Gasteiger partial charge in [-0.3, -0.25) is 4.40 Å². The lowest BCUT2D eigenvalue weighted by molar-refractivity contribution is 0.282. The van der Waals surface area contributed by atoms with Gasteiger partial charge in [-0.05, 0) is 35.9 Å². The van der Waals surface area contributed by atoms with E-state index < -0.39 is 21.5 Å². The number of aliphatic hydroxyl groups is 1. The quantitative estimate of drug-likeness (QED) is 0.514. The number of nitrogens with zero attached hydrogens (tertiary/aromatic N) is 4. The smallest absolute Gasteiger partial charge is 0.247 e. The molecule has 7 nitrogen and oxygen atoms in total. The highest BCUT2D eigenvalue weighted by atomic mass is 32.2. The largest absolute Gasteiger partial charge is 0.392 e. The minimum atomic E-state index is -3.68. The van der Waals surface area contributed by atoms with Gasteiger partial charge in [-0.15, -0.1) is 0 Å². The van der Waals surface area contributed by atoms with Gasteiger partial charge in [-0.25, -0.2) is 32.2 Å². The van der Waals surface area contributed by atoms with Crippen LogP contribution in [0.5, 0.6) is 0 Å². The minimum absolute atomic E-state index is 0.0233. The maximum Gasteiger partial charge on any atom is 0.247 e. The van der Waals surface area contributed by atoms with E-state index in [1.54, 1.807) is 22.7 Å². The van der Waals surface area contributed by atoms with Gasteiger partial charge in [0.1, 0.15) is 23.0 Å². The Balaban J connectivity index is 2.06. The normalized spacial score (nSPS) is 11.9. The molecule has 0 aliphatic carbocycles. The number of aromatic nitrogens is 4. The van der Waals surface area contributed by atoms with Crippen molar-refractivity contribution in [2.24, 2.45) is 0 Å². The third-order valence-corrected chi connectivity index (χ3v) is 5.13. The van der Waals surface area contributed by atoms with E-state index in [4.69, 9.17) is 0 Å². The number of aliphatic hydroxyl groups excluding tert-OH is 1. The van der Waals surface area contributed by atoms with E-state index in [1.807, 2.05) is 0 Å². The first-order chi connectivity index (χ1) is 13.8. The maximum absolute atomic E-state index is 14.5. The summed E-state index contributed by atoms with van der Waals surface area (Å²) < 4.78 is 53.2. The van der Waals surface area contributed by atoms with Crippen LogP contribution < -0.4 is 0 Å². The molecule has 0 amide bonds. The lowest BCUT2D eigenvalue weighted by atomic mass is 10.1. The van der Waals surface area contributed by atoms with Crippen LogP contribution in [0.25, 0.3) is 28.3 Å². The molecule has 148 valence electrons. The molecule has 0 bridgehead atoms. The second-order valence-corrected chi connectivity index (χ2v) is 8.26. The second kappa shape index (κ2) is 6.98. The Bertz CT molecular complexity index is 1350. The Morgan fingerprint density at radius 3 is 2.59 bits per heavy atom. The van der Waals surface area contributed by atoms with Crippen LogP contribution in [0, 0.1) is 11.6 Å². The zero-order chi connectivity index (χ0) is 20.8. The van der Waals surface area contributed by atoms with E-state index in [0.717, 1.165) is 18.4 Å². The molecule has 0 unspecified atom stereocenters. The van der Waals surface area contributed by atoms with Crippen molar-refractivity contribution in [3.05, 3.63) is 66.0 Å². The number of pyridine rings is 1. The van der Waals surface area contributed by atoms with Crippen molar-refractivity contribution in [2.75, 3.05) is 6.26 Å². The summed E-state index contributed by atoms with van der Waals surface area (Å²) in [5, 5.41) is 9.00. The fourth-order valence-electron chi connectivity index (χ4n) is 2.95. The van der Waals surface area contributed by atoms with Crippen LogP contribution in [0.4, 0.5) is 8.78 Å². The van der Waals surface area contributed by atoms with Gasteiger partial charge in [-0.1, -0.05) is 0 Å². The SMILES string of the molecule is CS(=O)(=O)c1nccc(-c2c(-c3ccc(F)cc3F)nc3cc(CO)ccn23)n1. The van der Waals surface area contributed by atoms with Crippen LogP contribution in [0.3, 0.4) is 0 Å². The molecule has 3 aromatic heterocycles. The fourth-order valence-corrected chi connectivity index (χ4v) is 3.47. The number of fused-ring (bicyclic) bond motifs is 1. The Labute approximate surface area is 164 Å². The van der Waals surface area contributed by atoms with Crippen LogP contribution in [-0.2, 0) is 16.4 Å². The van der Waals surface area contributed by atoms with Crippen LogP contribution in [-0.4, -0.2) is 39.1 Å². The second-order valence-electron chi connectivity index (χ2n) is 6.35. The zero-order valence-corrected chi connectivity index (χ0v) is 15.9. The molecule has 0 saturated heterocycles. The minimum Gasteiger partial charge on any atom is -0.392 e. The summed E-state index contributed by atoms with van der Waals surface area (Å²) in [6.07, 6.45) is 3.87. The highest BCUT2D eigenvalue weighted by Crippen LogP contribution is 2.34. The van der Waals surface area contributed by atoms with Crippen molar-refractivity contribution in [2.45, 2.75) is 11.8 Å². The number of benzene rings is 1. The highest BCUT2D eigenvalue weighted by molar-refractivity contribution is 7.90. The number of sulfone groups is 1. The molecule has 0 fully saturated rings. The van der Waals surface area contributed by atoms with Crippen LogP contribution in [0.15, 0.2) is 53.9 Å². The molecule has 0 saturated carbocycles. The topological polar surface area (TPSA) is 97.5 Å². The first-order valence-electron chi connectivity index (χ1n) is 8.38. The summed E-state index contributed by atoms with van der Waals surface area (Å²) in [6.45, 7) is -0.218. The van der Waals surface area contributed by atoms with E-state index >= 15 is 0 Å². The number of halogens is 2. The molecule has 1 N–H and O–H groups in total. The molecule has 0 aliphatic heterocycles. The lowest BCUT2D eigenvalue weighted by Gasteiger charge is -2.07. The summed E-state index contributed by atoms with van der Waals surface area (Å²) in [5.41, 5.74) is 1.64. The molecule has 4 rings (SSSR count). The number of hydrogen-bond acceptors (Lipinski definition) is 6. The first kappa shape index (κ1) is 19.1. The van der Waals surface area contributed by atoms with E-state index in [0.29, 0.717) is 16.9 Å². The predicted octanol–water partition coefficient (Wildman–Crippen LogP) is 2.63. The third kappa shape index (κ3) is 3.47. The first-order valence-corrected chi connectivity index (χ1v) is 10.3. The monoisotopic (exact) mass is 416 g/mol. The van der Waals surface area contributed by atoms with E-state index in [-0.39, 0.29) is 28.7 Å². The molecule has 3 heterocycles. The van der Waals surface area contributed by atoms with Gasteiger partial charge in [0.15, 0.2) is 0 Å². The lowest BCUT2D eigenvalue weighted by Crippen LogP contribution is -2.05. The molecule has 0 aliphatic rings. The summed E-state index contributed by atoms with van der Waals surface area (Å²) in [7, 11) is -3.68. The standard InChI is InChI=1S/C19H14F2N4O3S/c1-29(27,28)19-22-6-4-15(23-19)18-17(13-3-2-12(20)9-14(13)21)24-16-8-11(10-26)5-7-25(16)18/h2-9,26H,10H2,1H3. The summed E-state index contributed by atoms with van der Waals surface area (Å²) in [5.74, 6) is -1.56. The molecule has 1 aromatic carbocycles. The Kier molecular flexibility index (Phi) is 4.59. The summed E-state index contributed by atoms with van der Waals surface area (Å²) >= 11 is 0. The highest BCUT2D eigenvalue weighted by Gasteiger charge is 2.22. The van der Waals surface area contributed by atoms with Crippen LogP contribution >= 0.6 is 0 Å². The van der Waals surface area contributed by atoms with Crippen molar-refractivity contribution in [3.63, 3.8) is 0 Å². The molecule has 29 heavy (non-hydrogen) atoms. The van der Waals surface area contributed by atoms with Crippen molar-refractivity contribution >= 4 is 15.5 Å². The van der Waals surface area contributed by atoms with Crippen molar-refractivity contribution in [3.8, 4) is 22.6 Å². The van der Waals surface area contributed by atoms with Gasteiger partial charge >= 0.3 is 0 Å². The molecule has 0 radical (unpaired) electrons. The maximum atomic E-state index is 14.5. The third-order valence-electron chi connectivity index (χ3n) is 4.27. The van der Waals surface area contributed by atoms with Crippen molar-refractivity contribution < 1.29 is 22.3 Å².